The summed E-state index contributed by atoms with van der Waals surface area (Å²) in [5.41, 5.74) is -0.772. The van der Waals surface area contributed by atoms with E-state index < -0.39 is 17.8 Å². The summed E-state index contributed by atoms with van der Waals surface area (Å²) in [6, 6.07) is 3.43. The van der Waals surface area contributed by atoms with Crippen LogP contribution in [0.2, 0.25) is 0 Å². The van der Waals surface area contributed by atoms with E-state index in [1.807, 2.05) is 0 Å². The SMILES string of the molecule is CO[C@H]1CO[C@@H]2[C@@H]1OC[C@@H]2NC(=O)Nc1cccc(C(F)(F)F)c1. The van der Waals surface area contributed by atoms with Gasteiger partial charge in [0.25, 0.3) is 0 Å². The van der Waals surface area contributed by atoms with E-state index in [0.29, 0.717) is 6.61 Å². The largest absolute Gasteiger partial charge is 0.416 e. The molecule has 0 saturated carbocycles. The fourth-order valence-corrected chi connectivity index (χ4v) is 2.90. The second-order valence-corrected chi connectivity index (χ2v) is 5.65. The van der Waals surface area contributed by atoms with Crippen molar-refractivity contribution in [3.63, 3.8) is 0 Å². The zero-order valence-electron chi connectivity index (χ0n) is 12.8. The molecule has 9 heteroatoms. The number of alkyl halides is 3. The number of anilines is 1. The topological polar surface area (TPSA) is 68.8 Å². The fraction of sp³-hybridized carbons (Fsp3) is 0.533. The van der Waals surface area contributed by atoms with Crippen LogP contribution in [0.3, 0.4) is 0 Å². The molecule has 2 fully saturated rings. The predicted octanol–water partition coefficient (Wildman–Crippen LogP) is 2.01. The molecule has 4 atom stereocenters. The zero-order valence-corrected chi connectivity index (χ0v) is 12.8. The predicted molar refractivity (Wildman–Crippen MR) is 77.7 cm³/mol. The Hall–Kier alpha value is -1.84. The Morgan fingerprint density at radius 1 is 1.25 bits per heavy atom. The number of methoxy groups -OCH3 is 1. The van der Waals surface area contributed by atoms with Gasteiger partial charge in [-0.2, -0.15) is 13.2 Å². The molecule has 2 aliphatic heterocycles. The molecule has 6 nitrogen and oxygen atoms in total. The Morgan fingerprint density at radius 3 is 2.71 bits per heavy atom. The average Bonchev–Trinajstić information content (AvgIpc) is 3.09. The molecule has 0 radical (unpaired) electrons. The van der Waals surface area contributed by atoms with Gasteiger partial charge in [-0.1, -0.05) is 6.07 Å². The molecule has 2 saturated heterocycles. The van der Waals surface area contributed by atoms with Gasteiger partial charge in [0, 0.05) is 12.8 Å². The van der Waals surface area contributed by atoms with Crippen LogP contribution in [0.25, 0.3) is 0 Å². The van der Waals surface area contributed by atoms with Crippen LogP contribution in [0.1, 0.15) is 5.56 Å². The van der Waals surface area contributed by atoms with Crippen LogP contribution in [0.15, 0.2) is 24.3 Å². The second kappa shape index (κ2) is 6.58. The number of rotatable bonds is 3. The van der Waals surface area contributed by atoms with Gasteiger partial charge < -0.3 is 24.8 Å². The summed E-state index contributed by atoms with van der Waals surface area (Å²) in [6.07, 6.45) is -5.24. The van der Waals surface area contributed by atoms with Gasteiger partial charge in [0.05, 0.1) is 24.8 Å². The third kappa shape index (κ3) is 3.47. The van der Waals surface area contributed by atoms with Crippen LogP contribution in [0.5, 0.6) is 0 Å². The number of nitrogens with one attached hydrogen (secondary N) is 2. The molecule has 2 amide bonds. The van der Waals surface area contributed by atoms with Crippen molar-refractivity contribution < 1.29 is 32.2 Å². The molecule has 0 spiro atoms. The lowest BCUT2D eigenvalue weighted by Gasteiger charge is -2.18. The highest BCUT2D eigenvalue weighted by Gasteiger charge is 2.48. The molecule has 2 heterocycles. The molecule has 2 N–H and O–H groups in total. The summed E-state index contributed by atoms with van der Waals surface area (Å²) in [4.78, 5) is 12.0. The molecule has 1 aromatic rings. The summed E-state index contributed by atoms with van der Waals surface area (Å²) in [5, 5.41) is 5.06. The minimum atomic E-state index is -4.46. The monoisotopic (exact) mass is 346 g/mol. The Kier molecular flexibility index (Phi) is 4.66. The van der Waals surface area contributed by atoms with Crippen molar-refractivity contribution in [2.45, 2.75) is 30.5 Å². The number of carbonyl (C=O) groups is 1. The van der Waals surface area contributed by atoms with Gasteiger partial charge >= 0.3 is 12.2 Å². The van der Waals surface area contributed by atoms with E-state index >= 15 is 0 Å². The Bertz CT molecular complexity index is 611. The molecule has 2 aliphatic rings. The Morgan fingerprint density at radius 2 is 2.00 bits per heavy atom. The van der Waals surface area contributed by atoms with Gasteiger partial charge in [0.1, 0.15) is 18.3 Å². The van der Waals surface area contributed by atoms with E-state index in [4.69, 9.17) is 14.2 Å². The lowest BCUT2D eigenvalue weighted by Crippen LogP contribution is -2.46. The van der Waals surface area contributed by atoms with E-state index in [0.717, 1.165) is 12.1 Å². The molecule has 0 bridgehead atoms. The van der Waals surface area contributed by atoms with Crippen LogP contribution in [0, 0.1) is 0 Å². The number of fused-ring (bicyclic) bond motifs is 1. The maximum absolute atomic E-state index is 12.7. The molecule has 3 rings (SSSR count). The molecule has 0 unspecified atom stereocenters. The number of hydrogen-bond acceptors (Lipinski definition) is 4. The van der Waals surface area contributed by atoms with E-state index in [1.54, 1.807) is 7.11 Å². The van der Waals surface area contributed by atoms with Gasteiger partial charge in [-0.15, -0.1) is 0 Å². The molecule has 1 aromatic carbocycles. The standard InChI is InChI=1S/C15H17F3N2O4/c1-22-11-7-24-12-10(6-23-13(11)12)20-14(21)19-9-4-2-3-8(5-9)15(16,17)18/h2-5,10-13H,6-7H2,1H3,(H2,19,20,21)/t10-,11-,12-,13+/m0/s1. The van der Waals surface area contributed by atoms with Crippen molar-refractivity contribution in [3.05, 3.63) is 29.8 Å². The van der Waals surface area contributed by atoms with Crippen molar-refractivity contribution >= 4 is 11.7 Å². The van der Waals surface area contributed by atoms with Crippen molar-refractivity contribution in [2.24, 2.45) is 0 Å². The number of benzene rings is 1. The number of halogens is 3. The highest BCUT2D eigenvalue weighted by Crippen LogP contribution is 2.31. The number of hydrogen-bond donors (Lipinski definition) is 2. The minimum Gasteiger partial charge on any atom is -0.376 e. The lowest BCUT2D eigenvalue weighted by molar-refractivity contribution is -0.137. The minimum absolute atomic E-state index is 0.0555. The molecule has 24 heavy (non-hydrogen) atoms. The smallest absolute Gasteiger partial charge is 0.376 e. The van der Waals surface area contributed by atoms with Crippen LogP contribution in [0.4, 0.5) is 23.7 Å². The summed E-state index contributed by atoms with van der Waals surface area (Å²) in [6.45, 7) is 0.629. The van der Waals surface area contributed by atoms with Crippen LogP contribution >= 0.6 is 0 Å². The summed E-state index contributed by atoms with van der Waals surface area (Å²) in [5.74, 6) is 0. The maximum atomic E-state index is 12.7. The summed E-state index contributed by atoms with van der Waals surface area (Å²) < 4.78 is 54.4. The Labute approximate surface area is 136 Å². The highest BCUT2D eigenvalue weighted by molar-refractivity contribution is 5.89. The van der Waals surface area contributed by atoms with Gasteiger partial charge in [-0.3, -0.25) is 0 Å². The number of carbonyl (C=O) groups excluding carboxylic acids is 1. The van der Waals surface area contributed by atoms with Gasteiger partial charge in [-0.05, 0) is 18.2 Å². The van der Waals surface area contributed by atoms with E-state index in [-0.39, 0.29) is 36.6 Å². The quantitative estimate of drug-likeness (QED) is 0.879. The molecule has 132 valence electrons. The first-order valence-corrected chi connectivity index (χ1v) is 7.39. The van der Waals surface area contributed by atoms with Gasteiger partial charge in [0.15, 0.2) is 0 Å². The van der Waals surface area contributed by atoms with Gasteiger partial charge in [0.2, 0.25) is 0 Å². The van der Waals surface area contributed by atoms with Crippen LogP contribution in [-0.4, -0.2) is 50.7 Å². The van der Waals surface area contributed by atoms with Crippen LogP contribution < -0.4 is 10.6 Å². The third-order valence-corrected chi connectivity index (χ3v) is 4.07. The van der Waals surface area contributed by atoms with E-state index in [2.05, 4.69) is 10.6 Å². The van der Waals surface area contributed by atoms with Crippen molar-refractivity contribution in [1.29, 1.82) is 0 Å². The molecule has 0 aliphatic carbocycles. The van der Waals surface area contributed by atoms with E-state index in [9.17, 15) is 18.0 Å². The van der Waals surface area contributed by atoms with Gasteiger partial charge in [-0.25, -0.2) is 4.79 Å². The first-order valence-electron chi connectivity index (χ1n) is 7.39. The molecule has 0 aromatic heterocycles. The molecular weight excluding hydrogens is 329 g/mol. The Balaban J connectivity index is 1.59. The van der Waals surface area contributed by atoms with Crippen molar-refractivity contribution in [2.75, 3.05) is 25.6 Å². The number of urea groups is 1. The van der Waals surface area contributed by atoms with Crippen molar-refractivity contribution in [1.82, 2.24) is 5.32 Å². The van der Waals surface area contributed by atoms with Crippen molar-refractivity contribution in [3.8, 4) is 0 Å². The first-order chi connectivity index (χ1) is 11.4. The second-order valence-electron chi connectivity index (χ2n) is 5.65. The van der Waals surface area contributed by atoms with Crippen LogP contribution in [-0.2, 0) is 20.4 Å². The number of ether oxygens (including phenoxy) is 3. The highest BCUT2D eigenvalue weighted by atomic mass is 19.4. The average molecular weight is 346 g/mol. The van der Waals surface area contributed by atoms with E-state index in [1.165, 1.54) is 12.1 Å². The normalized spacial score (nSPS) is 29.3. The third-order valence-electron chi connectivity index (χ3n) is 4.07. The molecular formula is C15H17F3N2O4. The summed E-state index contributed by atoms with van der Waals surface area (Å²) >= 11 is 0. The fourth-order valence-electron chi connectivity index (χ4n) is 2.90. The first kappa shape index (κ1) is 17.0. The zero-order chi connectivity index (χ0) is 17.3. The number of amides is 2. The summed E-state index contributed by atoms with van der Waals surface area (Å²) in [7, 11) is 1.56. The maximum Gasteiger partial charge on any atom is 0.416 e. The lowest BCUT2D eigenvalue weighted by atomic mass is 10.1.